The Kier molecular flexibility index (Phi) is 6.50. The van der Waals surface area contributed by atoms with Gasteiger partial charge in [0.15, 0.2) is 0 Å². The van der Waals surface area contributed by atoms with Gasteiger partial charge >= 0.3 is 0 Å². The molecule has 10 heteroatoms. The minimum absolute atomic E-state index is 0.0497. The van der Waals surface area contributed by atoms with Crippen molar-refractivity contribution >= 4 is 20.2 Å². The van der Waals surface area contributed by atoms with Crippen molar-refractivity contribution in [2.75, 3.05) is 6.54 Å². The van der Waals surface area contributed by atoms with Gasteiger partial charge in [-0.05, 0) is 54.2 Å². The first-order valence-electron chi connectivity index (χ1n) is 7.65. The van der Waals surface area contributed by atoms with Gasteiger partial charge in [0.05, 0.1) is 9.79 Å². The topological polar surface area (TPSA) is 152 Å². The summed E-state index contributed by atoms with van der Waals surface area (Å²) in [4.78, 5) is -0.578. The third-order valence-corrected chi connectivity index (χ3v) is 5.70. The summed E-state index contributed by atoms with van der Waals surface area (Å²) in [6.07, 6.45) is 1.23. The van der Waals surface area contributed by atoms with Crippen LogP contribution >= 0.6 is 0 Å². The Hall–Kier alpha value is -1.82. The highest BCUT2D eigenvalue weighted by molar-refractivity contribution is 7.86. The Morgan fingerprint density at radius 2 is 1.31 bits per heavy atom. The maximum atomic E-state index is 11.0. The molecule has 0 radical (unpaired) electrons. The molecule has 8 nitrogen and oxygen atoms in total. The van der Waals surface area contributed by atoms with E-state index < -0.39 is 20.2 Å². The average molecular weight is 398 g/mol. The molecule has 0 amide bonds. The molecule has 142 valence electrons. The smallest absolute Gasteiger partial charge is 0.124 e. The lowest BCUT2D eigenvalue weighted by Crippen LogP contribution is -2.28. The summed E-state index contributed by atoms with van der Waals surface area (Å²) < 4.78 is 65.8. The zero-order valence-corrected chi connectivity index (χ0v) is 15.3. The quantitative estimate of drug-likeness (QED) is 0.374. The SMILES string of the molecule is NNCC(CCc1ccc(S(=O)(=O)[O-])cc1)c1ccc(S(=O)(=O)[O-])cc1. The molecule has 2 rings (SSSR count). The minimum atomic E-state index is -4.49. The van der Waals surface area contributed by atoms with Crippen LogP contribution in [-0.4, -0.2) is 32.5 Å². The van der Waals surface area contributed by atoms with Crippen LogP contribution in [0.5, 0.6) is 0 Å². The molecule has 0 aromatic heterocycles. The molecule has 0 aliphatic carbocycles. The van der Waals surface area contributed by atoms with Gasteiger partial charge in [0.1, 0.15) is 20.2 Å². The molecule has 0 saturated carbocycles. The van der Waals surface area contributed by atoms with Gasteiger partial charge in [0.25, 0.3) is 0 Å². The molecule has 1 unspecified atom stereocenters. The van der Waals surface area contributed by atoms with E-state index in [1.54, 1.807) is 24.3 Å². The van der Waals surface area contributed by atoms with Crippen LogP contribution in [0, 0.1) is 0 Å². The Labute approximate surface area is 152 Å². The number of benzene rings is 2. The predicted molar refractivity (Wildman–Crippen MR) is 92.1 cm³/mol. The van der Waals surface area contributed by atoms with Crippen LogP contribution < -0.4 is 11.3 Å². The van der Waals surface area contributed by atoms with Crippen LogP contribution in [0.1, 0.15) is 23.5 Å². The largest absolute Gasteiger partial charge is 0.744 e. The second-order valence-electron chi connectivity index (χ2n) is 5.77. The van der Waals surface area contributed by atoms with Gasteiger partial charge in [0.2, 0.25) is 0 Å². The van der Waals surface area contributed by atoms with Crippen molar-refractivity contribution < 1.29 is 25.9 Å². The lowest BCUT2D eigenvalue weighted by molar-refractivity contribution is 0.461. The number of hydrogen-bond donors (Lipinski definition) is 2. The van der Waals surface area contributed by atoms with E-state index in [4.69, 9.17) is 5.84 Å². The van der Waals surface area contributed by atoms with Crippen LogP contribution in [-0.2, 0) is 26.7 Å². The van der Waals surface area contributed by atoms with Crippen molar-refractivity contribution in [3.8, 4) is 0 Å². The fourth-order valence-electron chi connectivity index (χ4n) is 2.60. The lowest BCUT2D eigenvalue weighted by atomic mass is 9.92. The van der Waals surface area contributed by atoms with Crippen molar-refractivity contribution in [1.82, 2.24) is 5.43 Å². The number of rotatable bonds is 8. The molecule has 3 N–H and O–H groups in total. The van der Waals surface area contributed by atoms with Crippen LogP contribution in [0.15, 0.2) is 58.3 Å². The second kappa shape index (κ2) is 8.25. The van der Waals surface area contributed by atoms with Gasteiger partial charge in [-0.15, -0.1) is 0 Å². The molecule has 0 spiro atoms. The van der Waals surface area contributed by atoms with Gasteiger partial charge in [-0.25, -0.2) is 16.8 Å². The van der Waals surface area contributed by atoms with Crippen molar-refractivity contribution in [3.63, 3.8) is 0 Å². The summed E-state index contributed by atoms with van der Waals surface area (Å²) in [5, 5.41) is 0. The first kappa shape index (κ1) is 20.5. The Bertz CT molecular complexity index is 939. The fraction of sp³-hybridized carbons (Fsp3) is 0.250. The standard InChI is InChI=1S/C16H20N2O6S2/c17-18-11-14(13-5-9-16(10-6-13)26(22,23)24)4-1-12-2-7-15(8-3-12)25(19,20)21/h2-3,5-10,14,18H,1,4,11,17H2,(H,19,20,21)(H,22,23,24)/p-2. The highest BCUT2D eigenvalue weighted by Crippen LogP contribution is 2.23. The highest BCUT2D eigenvalue weighted by atomic mass is 32.2. The van der Waals surface area contributed by atoms with E-state index in [2.05, 4.69) is 5.43 Å². The van der Waals surface area contributed by atoms with Gasteiger partial charge in [-0.2, -0.15) is 0 Å². The fourth-order valence-corrected chi connectivity index (χ4v) is 3.54. The van der Waals surface area contributed by atoms with E-state index in [0.29, 0.717) is 19.4 Å². The number of nitrogens with two attached hydrogens (primary N) is 1. The van der Waals surface area contributed by atoms with Crippen LogP contribution in [0.25, 0.3) is 0 Å². The normalized spacial score (nSPS) is 13.5. The molecule has 2 aromatic carbocycles. The molecule has 0 aliphatic rings. The summed E-state index contributed by atoms with van der Waals surface area (Å²) in [6, 6.07) is 11.3. The van der Waals surface area contributed by atoms with E-state index in [1.807, 2.05) is 0 Å². The first-order valence-corrected chi connectivity index (χ1v) is 10.5. The maximum absolute atomic E-state index is 11.0. The molecule has 26 heavy (non-hydrogen) atoms. The molecular weight excluding hydrogens is 380 g/mol. The molecule has 0 aliphatic heterocycles. The minimum Gasteiger partial charge on any atom is -0.744 e. The second-order valence-corrected chi connectivity index (χ2v) is 8.52. The van der Waals surface area contributed by atoms with Gasteiger partial charge in [0, 0.05) is 6.54 Å². The predicted octanol–water partition coefficient (Wildman–Crippen LogP) is 0.675. The van der Waals surface area contributed by atoms with Gasteiger partial charge in [-0.3, -0.25) is 11.3 Å². The summed E-state index contributed by atoms with van der Waals surface area (Å²) in [5.74, 6) is 5.36. The Morgan fingerprint density at radius 1 is 0.846 bits per heavy atom. The molecule has 0 saturated heterocycles. The van der Waals surface area contributed by atoms with E-state index >= 15 is 0 Å². The van der Waals surface area contributed by atoms with Crippen molar-refractivity contribution in [2.45, 2.75) is 28.6 Å². The van der Waals surface area contributed by atoms with Crippen LogP contribution in [0.3, 0.4) is 0 Å². The van der Waals surface area contributed by atoms with Crippen molar-refractivity contribution in [1.29, 1.82) is 0 Å². The van der Waals surface area contributed by atoms with Crippen LogP contribution in [0.4, 0.5) is 0 Å². The molecule has 2 aromatic rings. The zero-order chi connectivity index (χ0) is 19.4. The Balaban J connectivity index is 2.11. The molecule has 0 heterocycles. The van der Waals surface area contributed by atoms with Crippen LogP contribution in [0.2, 0.25) is 0 Å². The van der Waals surface area contributed by atoms with E-state index in [1.165, 1.54) is 24.3 Å². The zero-order valence-electron chi connectivity index (χ0n) is 13.7. The molecule has 0 fully saturated rings. The highest BCUT2D eigenvalue weighted by Gasteiger charge is 2.12. The number of aryl methyl sites for hydroxylation is 1. The van der Waals surface area contributed by atoms with Crippen molar-refractivity contribution in [3.05, 3.63) is 59.7 Å². The summed E-state index contributed by atoms with van der Waals surface area (Å²) >= 11 is 0. The molecule has 1 atom stereocenters. The number of hydrazine groups is 1. The lowest BCUT2D eigenvalue weighted by Gasteiger charge is -2.18. The first-order chi connectivity index (χ1) is 12.1. The average Bonchev–Trinajstić information content (AvgIpc) is 2.57. The third-order valence-electron chi connectivity index (χ3n) is 4.00. The van der Waals surface area contributed by atoms with E-state index in [9.17, 15) is 25.9 Å². The van der Waals surface area contributed by atoms with E-state index in [0.717, 1.165) is 11.1 Å². The summed E-state index contributed by atoms with van der Waals surface area (Å²) in [6.45, 7) is 0.427. The van der Waals surface area contributed by atoms with Gasteiger partial charge < -0.3 is 9.11 Å². The Morgan fingerprint density at radius 3 is 1.73 bits per heavy atom. The number of nitrogens with one attached hydrogen (secondary N) is 1. The third kappa shape index (κ3) is 5.59. The molecular formula is C16H18N2O6S2-2. The monoisotopic (exact) mass is 398 g/mol. The molecule has 0 bridgehead atoms. The van der Waals surface area contributed by atoms with E-state index in [-0.39, 0.29) is 15.7 Å². The number of hydrogen-bond acceptors (Lipinski definition) is 8. The maximum Gasteiger partial charge on any atom is 0.124 e. The summed E-state index contributed by atoms with van der Waals surface area (Å²) in [7, 11) is -8.96. The van der Waals surface area contributed by atoms with Crippen molar-refractivity contribution in [2.24, 2.45) is 5.84 Å². The van der Waals surface area contributed by atoms with Gasteiger partial charge in [-0.1, -0.05) is 24.3 Å². The summed E-state index contributed by atoms with van der Waals surface area (Å²) in [5.41, 5.74) is 4.24.